The van der Waals surface area contributed by atoms with E-state index >= 15 is 0 Å². The molecule has 1 amide bonds. The molecule has 0 aliphatic rings. The molecule has 0 spiro atoms. The van der Waals surface area contributed by atoms with Gasteiger partial charge < -0.3 is 5.32 Å². The van der Waals surface area contributed by atoms with Gasteiger partial charge in [0.15, 0.2) is 0 Å². The van der Waals surface area contributed by atoms with E-state index < -0.39 is 20.9 Å². The summed E-state index contributed by atoms with van der Waals surface area (Å²) in [5.41, 5.74) is 2.66. The Labute approximate surface area is 180 Å². The van der Waals surface area contributed by atoms with E-state index in [0.717, 1.165) is 5.56 Å². The second-order valence-electron chi connectivity index (χ2n) is 7.17. The van der Waals surface area contributed by atoms with Crippen molar-refractivity contribution in [2.24, 2.45) is 0 Å². The molecule has 160 valence electrons. The van der Waals surface area contributed by atoms with Crippen molar-refractivity contribution in [1.29, 1.82) is 0 Å². The fourth-order valence-electron chi connectivity index (χ4n) is 3.09. The third kappa shape index (κ3) is 5.07. The van der Waals surface area contributed by atoms with Crippen molar-refractivity contribution in [1.82, 2.24) is 0 Å². The molecule has 0 aliphatic heterocycles. The van der Waals surface area contributed by atoms with Crippen LogP contribution in [0.5, 0.6) is 0 Å². The number of aryl methyl sites for hydroxylation is 3. The van der Waals surface area contributed by atoms with Gasteiger partial charge in [0.05, 0.1) is 9.82 Å². The van der Waals surface area contributed by atoms with Gasteiger partial charge in [-0.25, -0.2) is 8.42 Å². The summed E-state index contributed by atoms with van der Waals surface area (Å²) in [5, 5.41) is 13.6. The highest BCUT2D eigenvalue weighted by atomic mass is 32.2. The van der Waals surface area contributed by atoms with Crippen LogP contribution in [0.25, 0.3) is 0 Å². The molecule has 31 heavy (non-hydrogen) atoms. The van der Waals surface area contributed by atoms with Gasteiger partial charge in [-0.1, -0.05) is 18.2 Å². The van der Waals surface area contributed by atoms with Crippen LogP contribution in [0.1, 0.15) is 27.0 Å². The summed E-state index contributed by atoms with van der Waals surface area (Å²) in [4.78, 5) is 23.0. The number of sulfonamides is 1. The maximum atomic E-state index is 12.9. The first-order valence-electron chi connectivity index (χ1n) is 9.33. The topological polar surface area (TPSA) is 118 Å². The van der Waals surface area contributed by atoms with Crippen LogP contribution in [0.15, 0.2) is 65.6 Å². The van der Waals surface area contributed by atoms with Crippen molar-refractivity contribution in [2.45, 2.75) is 25.7 Å². The molecule has 8 nitrogen and oxygen atoms in total. The first kappa shape index (κ1) is 22.0. The molecule has 0 radical (unpaired) electrons. The SMILES string of the molecule is Cc1cccc(NS(=O)(=O)c2cc(NC(=O)c3ccc([N+](=O)[O-])c(C)c3)ccc2C)c1. The quantitative estimate of drug-likeness (QED) is 0.431. The van der Waals surface area contributed by atoms with E-state index in [1.54, 1.807) is 44.2 Å². The number of nitro benzene ring substituents is 1. The van der Waals surface area contributed by atoms with E-state index in [0.29, 0.717) is 16.8 Å². The van der Waals surface area contributed by atoms with Gasteiger partial charge in [0, 0.05) is 28.6 Å². The number of anilines is 2. The average molecular weight is 439 g/mol. The van der Waals surface area contributed by atoms with Crippen LogP contribution in [0, 0.1) is 30.9 Å². The van der Waals surface area contributed by atoms with Crippen molar-refractivity contribution in [3.05, 3.63) is 93.0 Å². The molecule has 3 aromatic rings. The van der Waals surface area contributed by atoms with Gasteiger partial charge in [-0.15, -0.1) is 0 Å². The fraction of sp³-hybridized carbons (Fsp3) is 0.136. The first-order chi connectivity index (χ1) is 14.6. The summed E-state index contributed by atoms with van der Waals surface area (Å²) in [6, 6.07) is 15.6. The number of carbonyl (C=O) groups is 1. The highest BCUT2D eigenvalue weighted by Gasteiger charge is 2.19. The molecule has 0 bridgehead atoms. The maximum Gasteiger partial charge on any atom is 0.272 e. The number of amides is 1. The summed E-state index contributed by atoms with van der Waals surface area (Å²) in [6.07, 6.45) is 0. The highest BCUT2D eigenvalue weighted by molar-refractivity contribution is 7.92. The normalized spacial score (nSPS) is 11.1. The lowest BCUT2D eigenvalue weighted by Gasteiger charge is -2.13. The first-order valence-corrected chi connectivity index (χ1v) is 10.8. The summed E-state index contributed by atoms with van der Waals surface area (Å²) in [7, 11) is -3.88. The zero-order valence-electron chi connectivity index (χ0n) is 17.2. The second-order valence-corrected chi connectivity index (χ2v) is 8.82. The summed E-state index contributed by atoms with van der Waals surface area (Å²) in [5.74, 6) is -0.503. The Bertz CT molecular complexity index is 1290. The fourth-order valence-corrected chi connectivity index (χ4v) is 4.41. The maximum absolute atomic E-state index is 12.9. The van der Waals surface area contributed by atoms with Crippen molar-refractivity contribution in [2.75, 3.05) is 10.0 Å². The highest BCUT2D eigenvalue weighted by Crippen LogP contribution is 2.24. The van der Waals surface area contributed by atoms with Crippen molar-refractivity contribution < 1.29 is 18.1 Å². The summed E-state index contributed by atoms with van der Waals surface area (Å²) >= 11 is 0. The number of hydrogen-bond acceptors (Lipinski definition) is 5. The second kappa shape index (κ2) is 8.57. The monoisotopic (exact) mass is 439 g/mol. The van der Waals surface area contributed by atoms with Crippen molar-refractivity contribution in [3.8, 4) is 0 Å². The van der Waals surface area contributed by atoms with E-state index in [9.17, 15) is 23.3 Å². The van der Waals surface area contributed by atoms with Crippen LogP contribution in [0.4, 0.5) is 17.1 Å². The predicted octanol–water partition coefficient (Wildman–Crippen LogP) is 4.57. The zero-order valence-corrected chi connectivity index (χ0v) is 18.0. The molecule has 0 atom stereocenters. The molecule has 0 saturated heterocycles. The Kier molecular flexibility index (Phi) is 6.07. The van der Waals surface area contributed by atoms with Crippen molar-refractivity contribution >= 4 is 33.0 Å². The standard InChI is InChI=1S/C22H21N3O5S/c1-14-5-4-6-19(11-14)24-31(29,30)21-13-18(9-7-15(21)2)23-22(26)17-8-10-20(25(27)28)16(3)12-17/h4-13,24H,1-3H3,(H,23,26). The lowest BCUT2D eigenvalue weighted by molar-refractivity contribution is -0.385. The van der Waals surface area contributed by atoms with E-state index in [4.69, 9.17) is 0 Å². The number of nitrogens with zero attached hydrogens (tertiary/aromatic N) is 1. The number of nitro groups is 1. The minimum atomic E-state index is -3.88. The predicted molar refractivity (Wildman–Crippen MR) is 119 cm³/mol. The van der Waals surface area contributed by atoms with E-state index in [-0.39, 0.29) is 21.8 Å². The number of carbonyl (C=O) groups excluding carboxylic acids is 1. The summed E-state index contributed by atoms with van der Waals surface area (Å²) in [6.45, 7) is 5.07. The van der Waals surface area contributed by atoms with Crippen molar-refractivity contribution in [3.63, 3.8) is 0 Å². The minimum absolute atomic E-state index is 0.0340. The lowest BCUT2D eigenvalue weighted by Crippen LogP contribution is -2.16. The third-order valence-electron chi connectivity index (χ3n) is 4.66. The molecule has 0 saturated carbocycles. The van der Waals surface area contributed by atoms with Gasteiger partial charge in [0.25, 0.3) is 21.6 Å². The van der Waals surface area contributed by atoms with Gasteiger partial charge in [-0.3, -0.25) is 19.6 Å². The Morgan fingerprint density at radius 1 is 0.903 bits per heavy atom. The van der Waals surface area contributed by atoms with Crippen LogP contribution < -0.4 is 10.0 Å². The zero-order chi connectivity index (χ0) is 22.8. The molecule has 9 heteroatoms. The third-order valence-corrected chi connectivity index (χ3v) is 6.18. The Hall–Kier alpha value is -3.72. The molecule has 2 N–H and O–H groups in total. The average Bonchev–Trinajstić information content (AvgIpc) is 2.68. The summed E-state index contributed by atoms with van der Waals surface area (Å²) < 4.78 is 28.3. The van der Waals surface area contributed by atoms with Crippen LogP contribution in [-0.2, 0) is 10.0 Å². The number of nitrogens with one attached hydrogen (secondary N) is 2. The number of benzene rings is 3. The smallest absolute Gasteiger partial charge is 0.272 e. The molecule has 0 aromatic heterocycles. The van der Waals surface area contributed by atoms with E-state index in [2.05, 4.69) is 10.0 Å². The molecule has 0 unspecified atom stereocenters. The van der Waals surface area contributed by atoms with E-state index in [1.165, 1.54) is 24.3 Å². The number of rotatable bonds is 6. The number of hydrogen-bond donors (Lipinski definition) is 2. The Morgan fingerprint density at radius 2 is 1.65 bits per heavy atom. The molecule has 3 aromatic carbocycles. The van der Waals surface area contributed by atoms with Gasteiger partial charge in [0.2, 0.25) is 0 Å². The Balaban J connectivity index is 1.86. The molecular weight excluding hydrogens is 418 g/mol. The van der Waals surface area contributed by atoms with Gasteiger partial charge in [-0.2, -0.15) is 0 Å². The lowest BCUT2D eigenvalue weighted by atomic mass is 10.1. The molecular formula is C22H21N3O5S. The van der Waals surface area contributed by atoms with Gasteiger partial charge in [-0.05, 0) is 68.3 Å². The van der Waals surface area contributed by atoms with Crippen LogP contribution >= 0.6 is 0 Å². The van der Waals surface area contributed by atoms with Gasteiger partial charge in [0.1, 0.15) is 0 Å². The molecule has 3 rings (SSSR count). The Morgan fingerprint density at radius 3 is 2.29 bits per heavy atom. The molecule has 0 aliphatic carbocycles. The largest absolute Gasteiger partial charge is 0.322 e. The van der Waals surface area contributed by atoms with Crippen LogP contribution in [0.2, 0.25) is 0 Å². The van der Waals surface area contributed by atoms with Crippen LogP contribution in [0.3, 0.4) is 0 Å². The van der Waals surface area contributed by atoms with Gasteiger partial charge >= 0.3 is 0 Å². The molecule has 0 heterocycles. The minimum Gasteiger partial charge on any atom is -0.322 e. The van der Waals surface area contributed by atoms with Crippen LogP contribution in [-0.4, -0.2) is 19.2 Å². The van der Waals surface area contributed by atoms with E-state index in [1.807, 2.05) is 13.0 Å². The molecule has 0 fully saturated rings.